The molecule has 232 valence electrons. The summed E-state index contributed by atoms with van der Waals surface area (Å²) in [6, 6.07) is 28.7. The van der Waals surface area contributed by atoms with E-state index < -0.39 is 15.9 Å². The molecule has 9 nitrogen and oxygen atoms in total. The van der Waals surface area contributed by atoms with Crippen LogP contribution in [0.15, 0.2) is 112 Å². The molecule has 0 saturated carbocycles. The number of hydrogen-bond acceptors (Lipinski definition) is 7. The topological polar surface area (TPSA) is 106 Å². The first-order valence-electron chi connectivity index (χ1n) is 15.2. The van der Waals surface area contributed by atoms with Crippen molar-refractivity contribution in [3.63, 3.8) is 0 Å². The molecule has 1 unspecified atom stereocenters. The number of carbonyl (C=O) groups excluding carboxylic acids is 1. The second-order valence-electron chi connectivity index (χ2n) is 11.6. The quantitative estimate of drug-likeness (QED) is 0.205. The Bertz CT molecular complexity index is 2100. The normalized spacial score (nSPS) is 15.5. The maximum absolute atomic E-state index is 13.5. The lowest BCUT2D eigenvalue weighted by atomic mass is 9.93. The third-order valence-electron chi connectivity index (χ3n) is 8.42. The van der Waals surface area contributed by atoms with Crippen molar-refractivity contribution in [1.29, 1.82) is 0 Å². The van der Waals surface area contributed by atoms with Gasteiger partial charge in [0.2, 0.25) is 15.7 Å². The number of amides is 1. The Morgan fingerprint density at radius 1 is 0.891 bits per heavy atom. The number of anilines is 2. The van der Waals surface area contributed by atoms with Gasteiger partial charge in [0.25, 0.3) is 5.91 Å². The first-order chi connectivity index (χ1) is 22.2. The van der Waals surface area contributed by atoms with Crippen molar-refractivity contribution in [3.8, 4) is 11.4 Å². The van der Waals surface area contributed by atoms with E-state index in [4.69, 9.17) is 14.8 Å². The molecule has 0 saturated heterocycles. The largest absolute Gasteiger partial charge is 0.494 e. The van der Waals surface area contributed by atoms with Crippen molar-refractivity contribution < 1.29 is 17.9 Å². The van der Waals surface area contributed by atoms with Crippen LogP contribution in [0.4, 0.5) is 17.2 Å². The van der Waals surface area contributed by atoms with Gasteiger partial charge in [0, 0.05) is 5.56 Å². The van der Waals surface area contributed by atoms with Gasteiger partial charge in [0.1, 0.15) is 5.75 Å². The van der Waals surface area contributed by atoms with E-state index >= 15 is 0 Å². The zero-order valence-corrected chi connectivity index (χ0v) is 26.7. The Morgan fingerprint density at radius 2 is 1.54 bits per heavy atom. The summed E-state index contributed by atoms with van der Waals surface area (Å²) >= 11 is 0. The number of aryl methyl sites for hydroxylation is 1. The van der Waals surface area contributed by atoms with Gasteiger partial charge >= 0.3 is 0 Å². The maximum atomic E-state index is 13.5. The number of hydrogen-bond donors (Lipinski definition) is 1. The highest BCUT2D eigenvalue weighted by atomic mass is 32.2. The summed E-state index contributed by atoms with van der Waals surface area (Å²) in [5.41, 5.74) is 5.75. The van der Waals surface area contributed by atoms with Crippen LogP contribution in [0, 0.1) is 6.92 Å². The fraction of sp³-hybridized carbons (Fsp3) is 0.194. The summed E-state index contributed by atoms with van der Waals surface area (Å²) in [6.45, 7) is 8.56. The minimum Gasteiger partial charge on any atom is -0.494 e. The minimum absolute atomic E-state index is 0.180. The van der Waals surface area contributed by atoms with Gasteiger partial charge in [0.15, 0.2) is 5.82 Å². The predicted octanol–water partition coefficient (Wildman–Crippen LogP) is 7.13. The van der Waals surface area contributed by atoms with Gasteiger partial charge in [-0.3, -0.25) is 4.79 Å². The monoisotopic (exact) mass is 631 g/mol. The maximum Gasteiger partial charge on any atom is 0.291 e. The highest BCUT2D eigenvalue weighted by Crippen LogP contribution is 2.47. The molecular weight excluding hydrogens is 598 g/mol. The Morgan fingerprint density at radius 3 is 2.20 bits per heavy atom. The van der Waals surface area contributed by atoms with Crippen molar-refractivity contribution in [3.05, 3.63) is 119 Å². The van der Waals surface area contributed by atoms with Crippen LogP contribution < -0.4 is 15.0 Å². The lowest BCUT2D eigenvalue weighted by Gasteiger charge is -2.40. The van der Waals surface area contributed by atoms with E-state index in [2.05, 4.69) is 19.2 Å². The zero-order valence-electron chi connectivity index (χ0n) is 25.9. The molecule has 7 rings (SSSR count). The first-order valence-corrected chi connectivity index (χ1v) is 16.7. The number of benzene rings is 4. The number of nitrogens with one attached hydrogen (secondary N) is 1. The highest BCUT2D eigenvalue weighted by molar-refractivity contribution is 7.91. The third-order valence-corrected chi connectivity index (χ3v) is 10.2. The van der Waals surface area contributed by atoms with Crippen molar-refractivity contribution >= 4 is 38.8 Å². The number of fused-ring (bicyclic) bond motifs is 4. The number of rotatable bonds is 7. The molecular formula is C36H33N5O4S. The molecule has 1 amide bonds. The van der Waals surface area contributed by atoms with E-state index in [1.807, 2.05) is 79.4 Å². The molecule has 0 radical (unpaired) electrons. The predicted molar refractivity (Wildman–Crippen MR) is 178 cm³/mol. The van der Waals surface area contributed by atoms with E-state index in [-0.39, 0.29) is 21.5 Å². The number of sulfone groups is 1. The Balaban J connectivity index is 1.33. The SMILES string of the molecule is CCOc1ccc(C2c3c(C)nn(-c4ccc(S(=O)(=O)c5ccc(C(C)C)cc5)cc4)c3N=C3C(=O)Nc4ccccc4N32)cc1. The molecule has 0 spiro atoms. The van der Waals surface area contributed by atoms with Gasteiger partial charge in [-0.1, -0.05) is 50.2 Å². The second-order valence-corrected chi connectivity index (χ2v) is 13.6. The van der Waals surface area contributed by atoms with Crippen molar-refractivity contribution in [2.45, 2.75) is 49.4 Å². The molecule has 3 heterocycles. The van der Waals surface area contributed by atoms with Gasteiger partial charge in [-0.15, -0.1) is 0 Å². The Labute approximate surface area is 268 Å². The molecule has 1 atom stereocenters. The Kier molecular flexibility index (Phi) is 7.24. The van der Waals surface area contributed by atoms with Crippen molar-refractivity contribution in [2.75, 3.05) is 16.8 Å². The zero-order chi connectivity index (χ0) is 32.2. The van der Waals surface area contributed by atoms with Gasteiger partial charge in [-0.25, -0.2) is 18.1 Å². The van der Waals surface area contributed by atoms with Gasteiger partial charge in [-0.2, -0.15) is 5.10 Å². The summed E-state index contributed by atoms with van der Waals surface area (Å²) in [6.07, 6.45) is 0. The molecule has 0 bridgehead atoms. The smallest absolute Gasteiger partial charge is 0.291 e. The number of aliphatic imine (C=N–C) groups is 1. The number of aromatic nitrogens is 2. The average Bonchev–Trinajstić information content (AvgIpc) is 3.40. The molecule has 0 fully saturated rings. The molecule has 1 N–H and O–H groups in total. The lowest BCUT2D eigenvalue weighted by molar-refractivity contribution is -0.110. The van der Waals surface area contributed by atoms with E-state index in [0.29, 0.717) is 29.7 Å². The molecule has 4 aromatic carbocycles. The number of amidine groups is 1. The summed E-state index contributed by atoms with van der Waals surface area (Å²) in [7, 11) is -3.72. The van der Waals surface area contributed by atoms with Crippen LogP contribution in [-0.2, 0) is 14.6 Å². The standard InChI is InChI=1S/C36H33N5O4S/c1-5-45-27-16-10-25(11-17-27)33-32-23(4)39-41(34(32)38-35-36(42)37-30-8-6-7-9-31(30)40(33)35)26-14-20-29(21-15-26)46(43,44)28-18-12-24(13-19-28)22(2)3/h6-22,33H,5H2,1-4H3,(H,37,42). The summed E-state index contributed by atoms with van der Waals surface area (Å²) in [5.74, 6) is 1.49. The van der Waals surface area contributed by atoms with Crippen LogP contribution >= 0.6 is 0 Å². The molecule has 46 heavy (non-hydrogen) atoms. The summed E-state index contributed by atoms with van der Waals surface area (Å²) < 4.78 is 34.3. The van der Waals surface area contributed by atoms with Gasteiger partial charge in [-0.05, 0) is 91.6 Å². The van der Waals surface area contributed by atoms with E-state index in [9.17, 15) is 13.2 Å². The summed E-state index contributed by atoms with van der Waals surface area (Å²) in [4.78, 5) is 20.8. The van der Waals surface area contributed by atoms with Crippen LogP contribution in [-0.4, -0.2) is 36.5 Å². The van der Waals surface area contributed by atoms with Crippen molar-refractivity contribution in [1.82, 2.24) is 9.78 Å². The van der Waals surface area contributed by atoms with Gasteiger partial charge in [0.05, 0.1) is 45.2 Å². The first kappa shape index (κ1) is 29.5. The van der Waals surface area contributed by atoms with Crippen LogP contribution in [0.1, 0.15) is 55.1 Å². The number of nitrogens with zero attached hydrogens (tertiary/aromatic N) is 4. The number of carbonyl (C=O) groups is 1. The lowest BCUT2D eigenvalue weighted by Crippen LogP contribution is -2.48. The summed E-state index contributed by atoms with van der Waals surface area (Å²) in [5, 5.41) is 7.85. The van der Waals surface area contributed by atoms with Crippen LogP contribution in [0.25, 0.3) is 5.69 Å². The molecule has 5 aromatic rings. The van der Waals surface area contributed by atoms with Crippen molar-refractivity contribution in [2.24, 2.45) is 4.99 Å². The molecule has 2 aliphatic heterocycles. The highest BCUT2D eigenvalue weighted by Gasteiger charge is 2.42. The Hall–Kier alpha value is -5.22. The van der Waals surface area contributed by atoms with Crippen LogP contribution in [0.2, 0.25) is 0 Å². The number of para-hydroxylation sites is 2. The van der Waals surface area contributed by atoms with Gasteiger partial charge < -0.3 is 15.0 Å². The third kappa shape index (κ3) is 4.85. The fourth-order valence-corrected chi connectivity index (χ4v) is 7.35. The molecule has 2 aliphatic rings. The van der Waals surface area contributed by atoms with E-state index in [0.717, 1.165) is 33.8 Å². The minimum atomic E-state index is -3.72. The molecule has 1 aromatic heterocycles. The average molecular weight is 632 g/mol. The molecule has 10 heteroatoms. The molecule has 0 aliphatic carbocycles. The van der Waals surface area contributed by atoms with E-state index in [1.165, 1.54) is 0 Å². The van der Waals surface area contributed by atoms with Crippen LogP contribution in [0.3, 0.4) is 0 Å². The number of ether oxygens (including phenoxy) is 1. The fourth-order valence-electron chi connectivity index (χ4n) is 6.08. The van der Waals surface area contributed by atoms with Crippen LogP contribution in [0.5, 0.6) is 5.75 Å². The van der Waals surface area contributed by atoms with E-state index in [1.54, 1.807) is 41.1 Å². The second kappa shape index (κ2) is 11.3.